The van der Waals surface area contributed by atoms with Gasteiger partial charge in [0.1, 0.15) is 11.5 Å². The zero-order valence-electron chi connectivity index (χ0n) is 11.5. The minimum atomic E-state index is -0.511. The summed E-state index contributed by atoms with van der Waals surface area (Å²) in [6, 6.07) is 21.3. The normalized spacial score (nSPS) is 12.0. The standard InChI is InChI=1S/C18H16O2S/c19-18(13-17-10-5-11-21-17)14-6-4-9-16(12-14)20-15-7-2-1-3-8-15/h1-12,18-19H,13H2. The summed E-state index contributed by atoms with van der Waals surface area (Å²) < 4.78 is 5.80. The fourth-order valence-electron chi connectivity index (χ4n) is 2.15. The highest BCUT2D eigenvalue weighted by Gasteiger charge is 2.10. The second-order valence-corrected chi connectivity index (χ2v) is 5.82. The Hall–Kier alpha value is -2.10. The summed E-state index contributed by atoms with van der Waals surface area (Å²) in [5.41, 5.74) is 0.872. The van der Waals surface area contributed by atoms with Crippen LogP contribution in [-0.2, 0) is 6.42 Å². The Labute approximate surface area is 128 Å². The molecule has 2 aromatic carbocycles. The van der Waals surface area contributed by atoms with E-state index in [1.807, 2.05) is 72.1 Å². The highest BCUT2D eigenvalue weighted by molar-refractivity contribution is 7.09. The average Bonchev–Trinajstić information content (AvgIpc) is 3.01. The predicted molar refractivity (Wildman–Crippen MR) is 85.9 cm³/mol. The van der Waals surface area contributed by atoms with Crippen molar-refractivity contribution >= 4 is 11.3 Å². The summed E-state index contributed by atoms with van der Waals surface area (Å²) in [7, 11) is 0. The zero-order chi connectivity index (χ0) is 14.5. The van der Waals surface area contributed by atoms with Gasteiger partial charge in [0.25, 0.3) is 0 Å². The first-order valence-corrected chi connectivity index (χ1v) is 7.72. The topological polar surface area (TPSA) is 29.5 Å². The van der Waals surface area contributed by atoms with Gasteiger partial charge in [-0.2, -0.15) is 0 Å². The van der Waals surface area contributed by atoms with E-state index in [9.17, 15) is 5.11 Å². The lowest BCUT2D eigenvalue weighted by Crippen LogP contribution is -2.00. The van der Waals surface area contributed by atoms with Crippen LogP contribution in [0, 0.1) is 0 Å². The minimum Gasteiger partial charge on any atom is -0.457 e. The molecule has 0 saturated heterocycles. The molecule has 3 rings (SSSR count). The Kier molecular flexibility index (Phi) is 4.34. The van der Waals surface area contributed by atoms with Crippen LogP contribution in [0.1, 0.15) is 16.5 Å². The van der Waals surface area contributed by atoms with E-state index in [1.165, 1.54) is 4.88 Å². The molecule has 1 aromatic heterocycles. The number of benzene rings is 2. The Morgan fingerprint density at radius 2 is 1.71 bits per heavy atom. The van der Waals surface area contributed by atoms with E-state index in [2.05, 4.69) is 0 Å². The maximum Gasteiger partial charge on any atom is 0.127 e. The van der Waals surface area contributed by atoms with Gasteiger partial charge in [0.15, 0.2) is 0 Å². The first-order valence-electron chi connectivity index (χ1n) is 6.84. The molecule has 0 aliphatic rings. The van der Waals surface area contributed by atoms with Gasteiger partial charge >= 0.3 is 0 Å². The van der Waals surface area contributed by atoms with Crippen molar-refractivity contribution in [1.29, 1.82) is 0 Å². The van der Waals surface area contributed by atoms with Crippen molar-refractivity contribution in [2.75, 3.05) is 0 Å². The monoisotopic (exact) mass is 296 g/mol. The molecule has 0 spiro atoms. The molecule has 1 atom stereocenters. The molecular weight excluding hydrogens is 280 g/mol. The molecule has 0 aliphatic carbocycles. The summed E-state index contributed by atoms with van der Waals surface area (Å²) in [5.74, 6) is 1.53. The van der Waals surface area contributed by atoms with Crippen LogP contribution in [0.15, 0.2) is 72.1 Å². The quantitative estimate of drug-likeness (QED) is 0.731. The average molecular weight is 296 g/mol. The highest BCUT2D eigenvalue weighted by Crippen LogP contribution is 2.26. The highest BCUT2D eigenvalue weighted by atomic mass is 32.1. The summed E-state index contributed by atoms with van der Waals surface area (Å²) in [6.07, 6.45) is 0.120. The molecule has 1 unspecified atom stereocenters. The number of rotatable bonds is 5. The lowest BCUT2D eigenvalue weighted by atomic mass is 10.1. The number of thiophene rings is 1. The van der Waals surface area contributed by atoms with Crippen LogP contribution < -0.4 is 4.74 Å². The second kappa shape index (κ2) is 6.57. The van der Waals surface area contributed by atoms with Gasteiger partial charge in [0.05, 0.1) is 6.10 Å². The van der Waals surface area contributed by atoms with E-state index in [4.69, 9.17) is 4.74 Å². The van der Waals surface area contributed by atoms with Gasteiger partial charge in [-0.15, -0.1) is 11.3 Å². The second-order valence-electron chi connectivity index (χ2n) is 4.79. The molecular formula is C18H16O2S. The first kappa shape index (κ1) is 13.9. The number of aliphatic hydroxyl groups is 1. The SMILES string of the molecule is OC(Cc1cccs1)c1cccc(Oc2ccccc2)c1. The molecule has 0 aliphatic heterocycles. The molecule has 0 amide bonds. The van der Waals surface area contributed by atoms with Crippen LogP contribution in [0.4, 0.5) is 0 Å². The van der Waals surface area contributed by atoms with Gasteiger partial charge < -0.3 is 9.84 Å². The number of para-hydroxylation sites is 1. The van der Waals surface area contributed by atoms with Crippen LogP contribution in [0.2, 0.25) is 0 Å². The van der Waals surface area contributed by atoms with Crippen molar-refractivity contribution in [3.05, 3.63) is 82.6 Å². The summed E-state index contributed by atoms with van der Waals surface area (Å²) in [6.45, 7) is 0. The van der Waals surface area contributed by atoms with E-state index in [0.29, 0.717) is 6.42 Å². The van der Waals surface area contributed by atoms with Crippen molar-refractivity contribution in [2.45, 2.75) is 12.5 Å². The van der Waals surface area contributed by atoms with Gasteiger partial charge in [0, 0.05) is 11.3 Å². The van der Waals surface area contributed by atoms with Crippen molar-refractivity contribution in [3.8, 4) is 11.5 Å². The van der Waals surface area contributed by atoms with E-state index >= 15 is 0 Å². The third-order valence-corrected chi connectivity index (χ3v) is 4.10. The summed E-state index contributed by atoms with van der Waals surface area (Å²) >= 11 is 1.66. The molecule has 0 radical (unpaired) electrons. The lowest BCUT2D eigenvalue weighted by molar-refractivity contribution is 0.179. The molecule has 1 heterocycles. The number of hydrogen-bond acceptors (Lipinski definition) is 3. The fraction of sp³-hybridized carbons (Fsp3) is 0.111. The maximum absolute atomic E-state index is 10.3. The minimum absolute atomic E-state index is 0.511. The van der Waals surface area contributed by atoms with Crippen molar-refractivity contribution in [1.82, 2.24) is 0 Å². The summed E-state index contributed by atoms with van der Waals surface area (Å²) in [5, 5.41) is 12.4. The van der Waals surface area contributed by atoms with Crippen LogP contribution in [0.25, 0.3) is 0 Å². The van der Waals surface area contributed by atoms with Crippen LogP contribution >= 0.6 is 11.3 Å². The molecule has 1 N–H and O–H groups in total. The van der Waals surface area contributed by atoms with Gasteiger partial charge in [-0.1, -0.05) is 36.4 Å². The summed E-state index contributed by atoms with van der Waals surface area (Å²) in [4.78, 5) is 1.18. The lowest BCUT2D eigenvalue weighted by Gasteiger charge is -2.12. The molecule has 0 fully saturated rings. The van der Waals surface area contributed by atoms with Gasteiger partial charge in [-0.25, -0.2) is 0 Å². The van der Waals surface area contributed by atoms with Crippen LogP contribution in [0.5, 0.6) is 11.5 Å². The van der Waals surface area contributed by atoms with Gasteiger partial charge in [-0.3, -0.25) is 0 Å². The van der Waals surface area contributed by atoms with E-state index in [1.54, 1.807) is 11.3 Å². The van der Waals surface area contributed by atoms with Crippen molar-refractivity contribution in [2.24, 2.45) is 0 Å². The largest absolute Gasteiger partial charge is 0.457 e. The third kappa shape index (κ3) is 3.72. The van der Waals surface area contributed by atoms with Crippen LogP contribution in [0.3, 0.4) is 0 Å². The molecule has 0 saturated carbocycles. The van der Waals surface area contributed by atoms with Crippen molar-refractivity contribution < 1.29 is 9.84 Å². The molecule has 106 valence electrons. The Balaban J connectivity index is 1.73. The molecule has 3 aromatic rings. The Bertz CT molecular complexity index is 677. The van der Waals surface area contributed by atoms with Gasteiger partial charge in [0.2, 0.25) is 0 Å². The maximum atomic E-state index is 10.3. The van der Waals surface area contributed by atoms with Crippen LogP contribution in [-0.4, -0.2) is 5.11 Å². The van der Waals surface area contributed by atoms with Gasteiger partial charge in [-0.05, 0) is 41.3 Å². The Morgan fingerprint density at radius 1 is 0.905 bits per heavy atom. The molecule has 3 heteroatoms. The van der Waals surface area contributed by atoms with Crippen molar-refractivity contribution in [3.63, 3.8) is 0 Å². The predicted octanol–water partition coefficient (Wildman–Crippen LogP) is 4.82. The Morgan fingerprint density at radius 3 is 2.48 bits per heavy atom. The number of hydrogen-bond donors (Lipinski definition) is 1. The van der Waals surface area contributed by atoms with E-state index in [-0.39, 0.29) is 0 Å². The first-order chi connectivity index (χ1) is 10.3. The zero-order valence-corrected chi connectivity index (χ0v) is 12.3. The number of aliphatic hydroxyl groups excluding tert-OH is 1. The number of ether oxygens (including phenoxy) is 1. The molecule has 0 bridgehead atoms. The third-order valence-electron chi connectivity index (χ3n) is 3.20. The molecule has 2 nitrogen and oxygen atoms in total. The molecule has 21 heavy (non-hydrogen) atoms. The van der Waals surface area contributed by atoms with E-state index in [0.717, 1.165) is 17.1 Å². The van der Waals surface area contributed by atoms with E-state index < -0.39 is 6.10 Å². The fourth-order valence-corrected chi connectivity index (χ4v) is 2.89. The smallest absolute Gasteiger partial charge is 0.127 e.